The molecule has 6 N–H and O–H groups in total. The summed E-state index contributed by atoms with van der Waals surface area (Å²) in [6.45, 7) is 4.31. The zero-order valence-electron chi connectivity index (χ0n) is 24.1. The number of aromatic hydroxyl groups is 1. The first-order valence-electron chi connectivity index (χ1n) is 13.8. The fourth-order valence-electron chi connectivity index (χ4n) is 6.80. The van der Waals surface area contributed by atoms with Gasteiger partial charge in [0.25, 0.3) is 5.91 Å². The summed E-state index contributed by atoms with van der Waals surface area (Å²) < 4.78 is 0. The molecular weight excluding hydrogens is 514 g/mol. The van der Waals surface area contributed by atoms with E-state index in [1.165, 1.54) is 4.90 Å². The first-order chi connectivity index (χ1) is 18.6. The molecule has 10 heteroatoms. The van der Waals surface area contributed by atoms with Crippen molar-refractivity contribution in [3.63, 3.8) is 0 Å². The van der Waals surface area contributed by atoms with Gasteiger partial charge in [-0.15, -0.1) is 0 Å². The Morgan fingerprint density at radius 1 is 1.12 bits per heavy atom. The van der Waals surface area contributed by atoms with E-state index in [4.69, 9.17) is 5.73 Å². The number of aliphatic hydroxyl groups excluding tert-OH is 2. The van der Waals surface area contributed by atoms with Gasteiger partial charge in [0.05, 0.1) is 11.6 Å². The third-order valence-electron chi connectivity index (χ3n) is 8.74. The van der Waals surface area contributed by atoms with Crippen LogP contribution in [0.3, 0.4) is 0 Å². The molecule has 0 spiro atoms. The number of ketones is 2. The molecule has 0 saturated heterocycles. The van der Waals surface area contributed by atoms with Crippen LogP contribution in [0, 0.1) is 17.8 Å². The van der Waals surface area contributed by atoms with Gasteiger partial charge in [-0.05, 0) is 68.8 Å². The number of fused-ring (bicyclic) bond motifs is 3. The summed E-state index contributed by atoms with van der Waals surface area (Å²) in [6, 6.07) is 0.816. The molecule has 1 fully saturated rings. The lowest BCUT2D eigenvalue weighted by Gasteiger charge is -2.50. The molecule has 4 unspecified atom stereocenters. The molecule has 0 radical (unpaired) electrons. The number of aliphatic hydroxyl groups is 3. The highest BCUT2D eigenvalue weighted by Crippen LogP contribution is 2.54. The molecule has 1 aromatic carbocycles. The Kier molecular flexibility index (Phi) is 7.81. The van der Waals surface area contributed by atoms with E-state index in [9.17, 15) is 34.8 Å². The topological polar surface area (TPSA) is 165 Å². The Bertz CT molecular complexity index is 1330. The third kappa shape index (κ3) is 4.47. The summed E-state index contributed by atoms with van der Waals surface area (Å²) in [5.41, 5.74) is 4.05. The maximum atomic E-state index is 14.0. The van der Waals surface area contributed by atoms with E-state index < -0.39 is 58.0 Å². The van der Waals surface area contributed by atoms with E-state index in [0.717, 1.165) is 24.9 Å². The number of carbonyl (C=O) groups is 3. The van der Waals surface area contributed by atoms with E-state index in [-0.39, 0.29) is 29.7 Å². The molecule has 0 bridgehead atoms. The largest absolute Gasteiger partial charge is 0.508 e. The van der Waals surface area contributed by atoms with Crippen molar-refractivity contribution < 1.29 is 34.8 Å². The maximum Gasteiger partial charge on any atom is 0.255 e. The Morgan fingerprint density at radius 3 is 2.33 bits per heavy atom. The van der Waals surface area contributed by atoms with Gasteiger partial charge in [0.15, 0.2) is 11.4 Å². The fraction of sp³-hybridized carbons (Fsp3) is 0.567. The number of unbranched alkanes of at least 4 members (excludes halogenated alkanes) is 1. The maximum absolute atomic E-state index is 14.0. The molecule has 0 aromatic heterocycles. The van der Waals surface area contributed by atoms with Gasteiger partial charge >= 0.3 is 0 Å². The van der Waals surface area contributed by atoms with Gasteiger partial charge in [-0.3, -0.25) is 19.3 Å². The number of aryl methyl sites for hydroxylation is 1. The van der Waals surface area contributed by atoms with Crippen molar-refractivity contribution in [1.29, 1.82) is 0 Å². The van der Waals surface area contributed by atoms with Crippen LogP contribution >= 0.6 is 0 Å². The molecule has 4 atom stereocenters. The molecule has 1 aromatic rings. The lowest BCUT2D eigenvalue weighted by atomic mass is 9.57. The average Bonchev–Trinajstić information content (AvgIpc) is 2.84. The van der Waals surface area contributed by atoms with Gasteiger partial charge < -0.3 is 31.1 Å². The lowest BCUT2D eigenvalue weighted by molar-refractivity contribution is -0.153. The van der Waals surface area contributed by atoms with Gasteiger partial charge in [-0.2, -0.15) is 0 Å². The highest BCUT2D eigenvalue weighted by Gasteiger charge is 2.64. The van der Waals surface area contributed by atoms with Crippen molar-refractivity contribution in [2.75, 3.05) is 33.1 Å². The van der Waals surface area contributed by atoms with Crippen molar-refractivity contribution in [3.8, 4) is 5.75 Å². The molecule has 1 amide bonds. The first-order valence-corrected chi connectivity index (χ1v) is 13.8. The van der Waals surface area contributed by atoms with E-state index in [0.29, 0.717) is 23.5 Å². The number of likely N-dealkylation sites (N-methyl/N-ethyl adjacent to an activating group) is 1. The number of carbonyl (C=O) groups excluding carboxylic acids is 3. The van der Waals surface area contributed by atoms with E-state index >= 15 is 0 Å². The number of phenolic OH excluding ortho intramolecular Hbond substituents is 1. The van der Waals surface area contributed by atoms with E-state index in [1.54, 1.807) is 14.1 Å². The smallest absolute Gasteiger partial charge is 0.255 e. The quantitative estimate of drug-likeness (QED) is 0.239. The molecular formula is C30H41N3O7. The van der Waals surface area contributed by atoms with Crippen LogP contribution in [0.2, 0.25) is 0 Å². The van der Waals surface area contributed by atoms with Crippen LogP contribution in [0.4, 0.5) is 5.69 Å². The van der Waals surface area contributed by atoms with Gasteiger partial charge in [-0.1, -0.05) is 26.7 Å². The number of amides is 1. The molecule has 3 aliphatic carbocycles. The number of anilines is 1. The first kappa shape index (κ1) is 29.6. The SMILES string of the molecule is CC(C)CCCCc1cc(N(C)C)c2c(c1O)C(O)=C1C(=O)C3(O)C(O)=C(C(N)=O)C(=O)C(N(C)C)C3CC1C2. The third-order valence-corrected chi connectivity index (χ3v) is 8.74. The molecule has 0 heterocycles. The van der Waals surface area contributed by atoms with Crippen LogP contribution in [0.25, 0.3) is 5.76 Å². The molecule has 3 aliphatic rings. The fourth-order valence-corrected chi connectivity index (χ4v) is 6.80. The molecule has 10 nitrogen and oxygen atoms in total. The minimum absolute atomic E-state index is 0.0658. The Hall–Kier alpha value is -3.37. The number of Topliss-reactive ketones (excluding diaryl/α,β-unsaturated/α-hetero) is 2. The number of primary amides is 1. The van der Waals surface area contributed by atoms with Crippen LogP contribution in [-0.4, -0.2) is 82.6 Å². The van der Waals surface area contributed by atoms with Gasteiger partial charge in [-0.25, -0.2) is 0 Å². The number of rotatable bonds is 8. The second-order valence-electron chi connectivity index (χ2n) is 12.3. The van der Waals surface area contributed by atoms with E-state index in [1.807, 2.05) is 25.1 Å². The van der Waals surface area contributed by atoms with Crippen molar-refractivity contribution in [1.82, 2.24) is 4.90 Å². The molecule has 218 valence electrons. The summed E-state index contributed by atoms with van der Waals surface area (Å²) in [6.07, 6.45) is 3.79. The van der Waals surface area contributed by atoms with Crippen LogP contribution in [-0.2, 0) is 27.2 Å². The summed E-state index contributed by atoms with van der Waals surface area (Å²) in [5.74, 6) is -5.80. The number of hydrogen-bond acceptors (Lipinski definition) is 9. The minimum Gasteiger partial charge on any atom is -0.508 e. The standard InChI is InChI=1S/C30H41N3O7/c1-14(2)9-7-8-10-15-13-19(32(3)4)17-11-16-12-18-23(33(5)6)26(36)22(29(31)39)28(38)30(18,40)27(37)20(16)25(35)21(17)24(15)34/h13-14,16,18,23,34-35,38,40H,7-12H2,1-6H3,(H2,31,39). The predicted molar refractivity (Wildman–Crippen MR) is 151 cm³/mol. The minimum atomic E-state index is -2.64. The van der Waals surface area contributed by atoms with E-state index in [2.05, 4.69) is 13.8 Å². The second-order valence-corrected chi connectivity index (χ2v) is 12.3. The molecule has 40 heavy (non-hydrogen) atoms. The number of phenols is 1. The normalized spacial score (nSPS) is 26.3. The summed E-state index contributed by atoms with van der Waals surface area (Å²) in [7, 11) is 6.90. The molecule has 4 rings (SSSR count). The van der Waals surface area contributed by atoms with Crippen LogP contribution in [0.5, 0.6) is 5.75 Å². The highest BCUT2D eigenvalue weighted by molar-refractivity contribution is 6.24. The van der Waals surface area contributed by atoms with Crippen molar-refractivity contribution >= 4 is 28.9 Å². The number of nitrogens with two attached hydrogens (primary N) is 1. The summed E-state index contributed by atoms with van der Waals surface area (Å²) in [5, 5.41) is 45.7. The Morgan fingerprint density at radius 2 is 1.77 bits per heavy atom. The monoisotopic (exact) mass is 555 g/mol. The summed E-state index contributed by atoms with van der Waals surface area (Å²) in [4.78, 5) is 42.8. The number of benzene rings is 1. The zero-order chi connectivity index (χ0) is 29.8. The van der Waals surface area contributed by atoms with Gasteiger partial charge in [0, 0.05) is 31.3 Å². The highest BCUT2D eigenvalue weighted by atomic mass is 16.3. The van der Waals surface area contributed by atoms with Gasteiger partial charge in [0.2, 0.25) is 5.78 Å². The predicted octanol–water partition coefficient (Wildman–Crippen LogP) is 2.40. The second kappa shape index (κ2) is 10.6. The number of hydrogen-bond donors (Lipinski definition) is 5. The van der Waals surface area contributed by atoms with Gasteiger partial charge in [0.1, 0.15) is 22.8 Å². The van der Waals surface area contributed by atoms with Crippen LogP contribution in [0.1, 0.15) is 56.2 Å². The molecule has 1 saturated carbocycles. The zero-order valence-corrected chi connectivity index (χ0v) is 24.1. The Balaban J connectivity index is 1.89. The van der Waals surface area contributed by atoms with Crippen molar-refractivity contribution in [2.24, 2.45) is 23.5 Å². The Labute approximate surface area is 234 Å². The lowest BCUT2D eigenvalue weighted by Crippen LogP contribution is -2.65. The van der Waals surface area contributed by atoms with Crippen LogP contribution < -0.4 is 10.6 Å². The summed E-state index contributed by atoms with van der Waals surface area (Å²) >= 11 is 0. The van der Waals surface area contributed by atoms with Crippen molar-refractivity contribution in [3.05, 3.63) is 39.7 Å². The molecule has 0 aliphatic heterocycles. The van der Waals surface area contributed by atoms with Crippen molar-refractivity contribution in [2.45, 2.75) is 64.0 Å². The average molecular weight is 556 g/mol. The number of nitrogens with zero attached hydrogens (tertiary/aromatic N) is 2. The van der Waals surface area contributed by atoms with Crippen LogP contribution in [0.15, 0.2) is 23.0 Å².